The van der Waals surface area contributed by atoms with Crippen LogP contribution >= 0.6 is 0 Å². The smallest absolute Gasteiger partial charge is 0.122 e. The molecule has 3 nitrogen and oxygen atoms in total. The van der Waals surface area contributed by atoms with Gasteiger partial charge in [-0.25, -0.2) is 0 Å². The second-order valence-electron chi connectivity index (χ2n) is 4.85. The first-order valence-electron chi connectivity index (χ1n) is 6.28. The van der Waals surface area contributed by atoms with Crippen LogP contribution < -0.4 is 10.1 Å². The number of rotatable bonds is 3. The lowest BCUT2D eigenvalue weighted by molar-refractivity contribution is 0.359. The predicted octanol–water partition coefficient (Wildman–Crippen LogP) is 2.25. The van der Waals surface area contributed by atoms with Crippen molar-refractivity contribution in [2.45, 2.75) is 26.2 Å². The molecule has 17 heavy (non-hydrogen) atoms. The molecule has 1 saturated heterocycles. The summed E-state index contributed by atoms with van der Waals surface area (Å²) in [6.07, 6.45) is 3.41. The maximum absolute atomic E-state index is 9.78. The molecule has 94 valence electrons. The number of aromatic hydroxyl groups is 1. The fourth-order valence-electron chi connectivity index (χ4n) is 2.46. The number of methoxy groups -OCH3 is 1. The number of hydrogen-bond donors (Lipinski definition) is 2. The van der Waals surface area contributed by atoms with Crippen molar-refractivity contribution in [3.8, 4) is 11.5 Å². The van der Waals surface area contributed by atoms with Gasteiger partial charge in [0.15, 0.2) is 0 Å². The summed E-state index contributed by atoms with van der Waals surface area (Å²) >= 11 is 0. The van der Waals surface area contributed by atoms with E-state index in [1.54, 1.807) is 7.11 Å². The van der Waals surface area contributed by atoms with Crippen LogP contribution in [0.1, 0.15) is 24.0 Å². The molecule has 0 amide bonds. The lowest BCUT2D eigenvalue weighted by Crippen LogP contribution is -2.28. The highest BCUT2D eigenvalue weighted by Crippen LogP contribution is 2.30. The van der Waals surface area contributed by atoms with Crippen LogP contribution in [0.2, 0.25) is 0 Å². The van der Waals surface area contributed by atoms with Crippen LogP contribution in [0.25, 0.3) is 0 Å². The van der Waals surface area contributed by atoms with Crippen molar-refractivity contribution in [3.05, 3.63) is 23.3 Å². The molecular formula is C14H21NO2. The third kappa shape index (κ3) is 2.91. The second kappa shape index (κ2) is 5.41. The summed E-state index contributed by atoms with van der Waals surface area (Å²) in [4.78, 5) is 0. The third-order valence-electron chi connectivity index (χ3n) is 3.57. The quantitative estimate of drug-likeness (QED) is 0.844. The number of benzene rings is 1. The third-order valence-corrected chi connectivity index (χ3v) is 3.57. The Morgan fingerprint density at radius 2 is 2.06 bits per heavy atom. The number of piperidine rings is 1. The maximum atomic E-state index is 9.78. The molecule has 1 fully saturated rings. The lowest BCUT2D eigenvalue weighted by Gasteiger charge is -2.23. The molecule has 0 radical (unpaired) electrons. The Labute approximate surface area is 103 Å². The minimum atomic E-state index is 0.370. The fraction of sp³-hybridized carbons (Fsp3) is 0.571. The van der Waals surface area contributed by atoms with Crippen LogP contribution in [-0.4, -0.2) is 25.3 Å². The van der Waals surface area contributed by atoms with Crippen LogP contribution in [0, 0.1) is 12.8 Å². The zero-order valence-electron chi connectivity index (χ0n) is 10.6. The minimum Gasteiger partial charge on any atom is -0.508 e. The fourth-order valence-corrected chi connectivity index (χ4v) is 2.46. The molecule has 3 heteroatoms. The van der Waals surface area contributed by atoms with E-state index in [1.165, 1.54) is 12.8 Å². The number of phenolic OH excluding ortho intramolecular Hbond substituents is 1. The predicted molar refractivity (Wildman–Crippen MR) is 68.7 cm³/mol. The Morgan fingerprint density at radius 3 is 2.71 bits per heavy atom. The first-order valence-corrected chi connectivity index (χ1v) is 6.28. The highest BCUT2D eigenvalue weighted by Gasteiger charge is 2.16. The molecule has 1 heterocycles. The van der Waals surface area contributed by atoms with Gasteiger partial charge in [-0.05, 0) is 68.5 Å². The van der Waals surface area contributed by atoms with Gasteiger partial charge in [-0.2, -0.15) is 0 Å². The summed E-state index contributed by atoms with van der Waals surface area (Å²) in [6.45, 7) is 4.10. The highest BCUT2D eigenvalue weighted by molar-refractivity contribution is 5.45. The molecule has 1 aliphatic rings. The molecule has 0 spiro atoms. The van der Waals surface area contributed by atoms with Gasteiger partial charge in [-0.15, -0.1) is 0 Å². The van der Waals surface area contributed by atoms with Crippen molar-refractivity contribution < 1.29 is 9.84 Å². The molecule has 0 atom stereocenters. The first kappa shape index (κ1) is 12.2. The van der Waals surface area contributed by atoms with Crippen molar-refractivity contribution in [1.29, 1.82) is 0 Å². The van der Waals surface area contributed by atoms with Gasteiger partial charge in [-0.1, -0.05) is 0 Å². The van der Waals surface area contributed by atoms with Gasteiger partial charge in [0.05, 0.1) is 7.11 Å². The second-order valence-corrected chi connectivity index (χ2v) is 4.85. The van der Waals surface area contributed by atoms with Crippen LogP contribution in [0.3, 0.4) is 0 Å². The van der Waals surface area contributed by atoms with Crippen molar-refractivity contribution >= 4 is 0 Å². The SMILES string of the molecule is COc1cc(C)c(O)cc1CC1CCNCC1. The number of hydrogen-bond acceptors (Lipinski definition) is 3. The van der Waals surface area contributed by atoms with Crippen molar-refractivity contribution in [2.75, 3.05) is 20.2 Å². The van der Waals surface area contributed by atoms with Gasteiger partial charge in [-0.3, -0.25) is 0 Å². The topological polar surface area (TPSA) is 41.5 Å². The summed E-state index contributed by atoms with van der Waals surface area (Å²) in [6, 6.07) is 3.78. The number of nitrogens with one attached hydrogen (secondary N) is 1. The number of ether oxygens (including phenoxy) is 1. The van der Waals surface area contributed by atoms with Crippen LogP contribution in [0.15, 0.2) is 12.1 Å². The largest absolute Gasteiger partial charge is 0.508 e. The van der Waals surface area contributed by atoms with E-state index in [0.29, 0.717) is 11.7 Å². The Kier molecular flexibility index (Phi) is 3.89. The minimum absolute atomic E-state index is 0.370. The average Bonchev–Trinajstić information content (AvgIpc) is 2.35. The van der Waals surface area contributed by atoms with Crippen molar-refractivity contribution in [1.82, 2.24) is 5.32 Å². The van der Waals surface area contributed by atoms with Crippen LogP contribution in [-0.2, 0) is 6.42 Å². The maximum Gasteiger partial charge on any atom is 0.122 e. The van der Waals surface area contributed by atoms with Gasteiger partial charge in [0.1, 0.15) is 11.5 Å². The molecule has 0 aliphatic carbocycles. The van der Waals surface area contributed by atoms with Crippen LogP contribution in [0.4, 0.5) is 0 Å². The number of phenols is 1. The van der Waals surface area contributed by atoms with Gasteiger partial charge < -0.3 is 15.2 Å². The van der Waals surface area contributed by atoms with Gasteiger partial charge in [0.2, 0.25) is 0 Å². The molecule has 1 aromatic carbocycles. The summed E-state index contributed by atoms with van der Waals surface area (Å²) < 4.78 is 5.40. The first-order chi connectivity index (χ1) is 8.20. The van der Waals surface area contributed by atoms with Crippen molar-refractivity contribution in [2.24, 2.45) is 5.92 Å². The zero-order chi connectivity index (χ0) is 12.3. The highest BCUT2D eigenvalue weighted by atomic mass is 16.5. The lowest BCUT2D eigenvalue weighted by atomic mass is 9.90. The van der Waals surface area contributed by atoms with E-state index < -0.39 is 0 Å². The molecule has 0 unspecified atom stereocenters. The van der Waals surface area contributed by atoms with E-state index in [4.69, 9.17) is 4.74 Å². The van der Waals surface area contributed by atoms with E-state index in [1.807, 2.05) is 19.1 Å². The molecule has 1 aromatic rings. The van der Waals surface area contributed by atoms with Gasteiger partial charge >= 0.3 is 0 Å². The van der Waals surface area contributed by atoms with E-state index in [9.17, 15) is 5.11 Å². The summed E-state index contributed by atoms with van der Waals surface area (Å²) in [5, 5.41) is 13.2. The molecule has 2 rings (SSSR count). The molecule has 2 N–H and O–H groups in total. The van der Waals surface area contributed by atoms with E-state index >= 15 is 0 Å². The summed E-state index contributed by atoms with van der Waals surface area (Å²) in [5.41, 5.74) is 2.00. The standard InChI is InChI=1S/C14H21NO2/c1-10-7-14(17-2)12(9-13(10)16)8-11-3-5-15-6-4-11/h7,9,11,15-16H,3-6,8H2,1-2H3. The Hall–Kier alpha value is -1.22. The van der Waals surface area contributed by atoms with Gasteiger partial charge in [0, 0.05) is 0 Å². The average molecular weight is 235 g/mol. The molecule has 1 aliphatic heterocycles. The molecular weight excluding hydrogens is 214 g/mol. The van der Waals surface area contributed by atoms with E-state index in [2.05, 4.69) is 5.32 Å². The number of aryl methyl sites for hydroxylation is 1. The normalized spacial score (nSPS) is 17.1. The summed E-state index contributed by atoms with van der Waals surface area (Å²) in [7, 11) is 1.69. The Morgan fingerprint density at radius 1 is 1.35 bits per heavy atom. The zero-order valence-corrected chi connectivity index (χ0v) is 10.6. The molecule has 0 saturated carbocycles. The van der Waals surface area contributed by atoms with E-state index in [-0.39, 0.29) is 0 Å². The Bertz CT molecular complexity index is 384. The van der Waals surface area contributed by atoms with E-state index in [0.717, 1.165) is 36.4 Å². The molecule has 0 bridgehead atoms. The molecule has 0 aromatic heterocycles. The Balaban J connectivity index is 2.15. The van der Waals surface area contributed by atoms with Crippen molar-refractivity contribution in [3.63, 3.8) is 0 Å². The monoisotopic (exact) mass is 235 g/mol. The van der Waals surface area contributed by atoms with Gasteiger partial charge in [0.25, 0.3) is 0 Å². The summed E-state index contributed by atoms with van der Waals surface area (Å²) in [5.74, 6) is 1.97. The van der Waals surface area contributed by atoms with Crippen LogP contribution in [0.5, 0.6) is 11.5 Å².